The van der Waals surface area contributed by atoms with E-state index in [2.05, 4.69) is 15.0 Å². The van der Waals surface area contributed by atoms with Crippen molar-refractivity contribution in [3.63, 3.8) is 0 Å². The number of carbonyl (C=O) groups excluding carboxylic acids is 2. The number of nitrogens with zero attached hydrogens (tertiary/aromatic N) is 1. The lowest BCUT2D eigenvalue weighted by Crippen LogP contribution is -2.14. The van der Waals surface area contributed by atoms with E-state index >= 15 is 0 Å². The third-order valence-corrected chi connectivity index (χ3v) is 5.00. The van der Waals surface area contributed by atoms with E-state index in [9.17, 15) is 9.59 Å². The number of hydrogen-bond acceptors (Lipinski definition) is 7. The van der Waals surface area contributed by atoms with Gasteiger partial charge in [0, 0.05) is 16.6 Å². The van der Waals surface area contributed by atoms with Crippen LogP contribution in [0, 0.1) is 6.92 Å². The largest absolute Gasteiger partial charge is 0.497 e. The fourth-order valence-electron chi connectivity index (χ4n) is 2.50. The fourth-order valence-corrected chi connectivity index (χ4v) is 3.30. The van der Waals surface area contributed by atoms with Gasteiger partial charge in [-0.25, -0.2) is 9.78 Å². The summed E-state index contributed by atoms with van der Waals surface area (Å²) in [6.45, 7) is 1.67. The Bertz CT molecular complexity index is 1010. The van der Waals surface area contributed by atoms with E-state index in [0.717, 1.165) is 21.9 Å². The number of esters is 1. The molecule has 8 heteroatoms. The summed E-state index contributed by atoms with van der Waals surface area (Å²) >= 11 is 1.40. The number of carbonyl (C=O) groups is 2. The number of thiazole rings is 1. The molecule has 7 nitrogen and oxygen atoms in total. The fraction of sp³-hybridized carbons (Fsp3) is 0.190. The molecule has 0 aliphatic heterocycles. The zero-order valence-corrected chi connectivity index (χ0v) is 17.0. The van der Waals surface area contributed by atoms with Crippen LogP contribution in [0.5, 0.6) is 11.5 Å². The molecule has 1 amide bonds. The Kier molecular flexibility index (Phi) is 6.46. The van der Waals surface area contributed by atoms with Crippen molar-refractivity contribution in [2.75, 3.05) is 26.1 Å². The first kappa shape index (κ1) is 20.3. The molecule has 1 N–H and O–H groups in total. The monoisotopic (exact) mass is 412 g/mol. The van der Waals surface area contributed by atoms with Crippen LogP contribution in [0.25, 0.3) is 10.6 Å². The third-order valence-electron chi connectivity index (χ3n) is 4.10. The van der Waals surface area contributed by atoms with Gasteiger partial charge in [0.15, 0.2) is 6.61 Å². The van der Waals surface area contributed by atoms with Crippen molar-refractivity contribution in [3.05, 3.63) is 59.1 Å². The summed E-state index contributed by atoms with van der Waals surface area (Å²) in [6, 6.07) is 12.6. The van der Waals surface area contributed by atoms with Gasteiger partial charge in [0.1, 0.15) is 22.2 Å². The van der Waals surface area contributed by atoms with Crippen LogP contribution < -0.4 is 14.8 Å². The molecular formula is C21H20N2O5S. The number of ether oxygens (including phenoxy) is 3. The van der Waals surface area contributed by atoms with Crippen molar-refractivity contribution in [1.29, 1.82) is 0 Å². The highest BCUT2D eigenvalue weighted by molar-refractivity contribution is 7.13. The molecule has 3 aromatic rings. The summed E-state index contributed by atoms with van der Waals surface area (Å²) < 4.78 is 15.0. The minimum Gasteiger partial charge on any atom is -0.497 e. The molecule has 0 fully saturated rings. The van der Waals surface area contributed by atoms with Gasteiger partial charge < -0.3 is 19.5 Å². The second kappa shape index (κ2) is 9.20. The first-order valence-electron chi connectivity index (χ1n) is 8.71. The Morgan fingerprint density at radius 2 is 1.79 bits per heavy atom. The number of methoxy groups -OCH3 is 2. The molecule has 3 rings (SSSR count). The van der Waals surface area contributed by atoms with Gasteiger partial charge in [-0.2, -0.15) is 0 Å². The Morgan fingerprint density at radius 3 is 2.45 bits per heavy atom. The highest BCUT2D eigenvalue weighted by atomic mass is 32.1. The molecule has 0 bridgehead atoms. The van der Waals surface area contributed by atoms with E-state index < -0.39 is 5.97 Å². The van der Waals surface area contributed by atoms with Crippen LogP contribution in [-0.4, -0.2) is 37.7 Å². The first-order chi connectivity index (χ1) is 14.0. The van der Waals surface area contributed by atoms with Crippen LogP contribution in [0.3, 0.4) is 0 Å². The third kappa shape index (κ3) is 5.11. The van der Waals surface area contributed by atoms with E-state index in [4.69, 9.17) is 9.47 Å². The molecule has 0 aliphatic rings. The van der Waals surface area contributed by atoms with Crippen LogP contribution in [0.4, 0.5) is 5.69 Å². The topological polar surface area (TPSA) is 86.8 Å². The highest BCUT2D eigenvalue weighted by Crippen LogP contribution is 2.27. The summed E-state index contributed by atoms with van der Waals surface area (Å²) in [5.74, 6) is 0.516. The normalized spacial score (nSPS) is 10.3. The molecule has 0 aliphatic carbocycles. The Morgan fingerprint density at radius 1 is 1.07 bits per heavy atom. The molecule has 0 unspecified atom stereocenters. The molecule has 1 aromatic heterocycles. The van der Waals surface area contributed by atoms with Crippen molar-refractivity contribution in [2.45, 2.75) is 6.92 Å². The molecule has 150 valence electrons. The van der Waals surface area contributed by atoms with Gasteiger partial charge in [-0.05, 0) is 55.0 Å². The van der Waals surface area contributed by atoms with Crippen molar-refractivity contribution >= 4 is 28.9 Å². The molecule has 29 heavy (non-hydrogen) atoms. The Balaban J connectivity index is 1.67. The van der Waals surface area contributed by atoms with Gasteiger partial charge in [-0.3, -0.25) is 4.79 Å². The second-order valence-electron chi connectivity index (χ2n) is 6.06. The predicted octanol–water partition coefficient (Wildman–Crippen LogP) is 3.93. The quantitative estimate of drug-likeness (QED) is 0.592. The zero-order chi connectivity index (χ0) is 20.8. The summed E-state index contributed by atoms with van der Waals surface area (Å²) in [4.78, 5) is 28.2. The summed E-state index contributed by atoms with van der Waals surface area (Å²) in [5, 5.41) is 5.32. The number of aromatic nitrogens is 1. The van der Waals surface area contributed by atoms with Crippen LogP contribution >= 0.6 is 11.3 Å². The molecular weight excluding hydrogens is 392 g/mol. The number of nitrogens with one attached hydrogen (secondary N) is 1. The summed E-state index contributed by atoms with van der Waals surface area (Å²) in [6.07, 6.45) is 0. The average molecular weight is 412 g/mol. The van der Waals surface area contributed by atoms with E-state index in [0.29, 0.717) is 17.1 Å². The lowest BCUT2D eigenvalue weighted by molar-refractivity contribution is -0.142. The van der Waals surface area contributed by atoms with E-state index in [-0.39, 0.29) is 12.5 Å². The maximum atomic E-state index is 12.6. The van der Waals surface area contributed by atoms with Crippen molar-refractivity contribution in [3.8, 4) is 22.1 Å². The van der Waals surface area contributed by atoms with Gasteiger partial charge in [-0.15, -0.1) is 11.3 Å². The number of benzene rings is 2. The summed E-state index contributed by atoms with van der Waals surface area (Å²) in [5.41, 5.74) is 2.69. The van der Waals surface area contributed by atoms with Crippen molar-refractivity contribution in [2.24, 2.45) is 0 Å². The van der Waals surface area contributed by atoms with Gasteiger partial charge in [-0.1, -0.05) is 0 Å². The standard InChI is InChI=1S/C21H20N2O5S/c1-13-10-16(28-11-19(24)27-3)8-9-17(13)22-20(25)18-12-29-21(23-18)14-4-6-15(26-2)7-5-14/h4-10,12H,11H2,1-3H3,(H,22,25). The van der Waals surface area contributed by atoms with Crippen molar-refractivity contribution in [1.82, 2.24) is 4.98 Å². The highest BCUT2D eigenvalue weighted by Gasteiger charge is 2.14. The maximum Gasteiger partial charge on any atom is 0.343 e. The number of rotatable bonds is 7. The molecule has 0 saturated carbocycles. The zero-order valence-electron chi connectivity index (χ0n) is 16.2. The van der Waals surface area contributed by atoms with Crippen LogP contribution in [0.15, 0.2) is 47.8 Å². The maximum absolute atomic E-state index is 12.6. The van der Waals surface area contributed by atoms with Crippen molar-refractivity contribution < 1.29 is 23.8 Å². The number of amides is 1. The molecule has 0 radical (unpaired) electrons. The van der Waals surface area contributed by atoms with E-state index in [1.807, 2.05) is 31.2 Å². The van der Waals surface area contributed by atoms with Gasteiger partial charge in [0.05, 0.1) is 14.2 Å². The van der Waals surface area contributed by atoms with E-state index in [1.165, 1.54) is 18.4 Å². The molecule has 0 spiro atoms. The molecule has 1 heterocycles. The molecule has 0 saturated heterocycles. The lowest BCUT2D eigenvalue weighted by atomic mass is 10.2. The van der Waals surface area contributed by atoms with Gasteiger partial charge in [0.25, 0.3) is 5.91 Å². The molecule has 2 aromatic carbocycles. The number of anilines is 1. The first-order valence-corrected chi connectivity index (χ1v) is 9.59. The second-order valence-corrected chi connectivity index (χ2v) is 6.92. The average Bonchev–Trinajstić information content (AvgIpc) is 3.24. The Hall–Kier alpha value is -3.39. The minimum absolute atomic E-state index is 0.172. The predicted molar refractivity (Wildman–Crippen MR) is 111 cm³/mol. The SMILES string of the molecule is COC(=O)COc1ccc(NC(=O)c2csc(-c3ccc(OC)cc3)n2)c(C)c1. The van der Waals surface area contributed by atoms with Crippen LogP contribution in [0.1, 0.15) is 16.1 Å². The lowest BCUT2D eigenvalue weighted by Gasteiger charge is -2.10. The minimum atomic E-state index is -0.462. The Labute approximate surface area is 172 Å². The number of aryl methyl sites for hydroxylation is 1. The van der Waals surface area contributed by atoms with Crippen LogP contribution in [-0.2, 0) is 9.53 Å². The van der Waals surface area contributed by atoms with Gasteiger partial charge >= 0.3 is 5.97 Å². The van der Waals surface area contributed by atoms with Gasteiger partial charge in [0.2, 0.25) is 0 Å². The summed E-state index contributed by atoms with van der Waals surface area (Å²) in [7, 11) is 2.91. The number of hydrogen-bond donors (Lipinski definition) is 1. The smallest absolute Gasteiger partial charge is 0.343 e. The van der Waals surface area contributed by atoms with Crippen LogP contribution in [0.2, 0.25) is 0 Å². The molecule has 0 atom stereocenters. The van der Waals surface area contributed by atoms with E-state index in [1.54, 1.807) is 30.7 Å².